The van der Waals surface area contributed by atoms with Gasteiger partial charge in [0.1, 0.15) is 5.75 Å². The number of aromatic hydroxyl groups is 1. The van der Waals surface area contributed by atoms with Gasteiger partial charge in [-0.15, -0.1) is 0 Å². The first-order chi connectivity index (χ1) is 6.58. The highest BCUT2D eigenvalue weighted by atomic mass is 16.3. The Bertz CT molecular complexity index is 381. The Morgan fingerprint density at radius 2 is 1.93 bits per heavy atom. The molecule has 74 valence electrons. The van der Waals surface area contributed by atoms with Gasteiger partial charge in [-0.3, -0.25) is 0 Å². The maximum atomic E-state index is 9.11. The Labute approximate surface area is 80.8 Å². The first-order valence-electron chi connectivity index (χ1n) is 3.81. The van der Waals surface area contributed by atoms with E-state index < -0.39 is 0 Å². The number of nitrogens with zero attached hydrogens (tertiary/aromatic N) is 2. The van der Waals surface area contributed by atoms with Crippen LogP contribution < -0.4 is 17.2 Å². The number of benzene rings is 1. The minimum Gasteiger partial charge on any atom is -0.508 e. The summed E-state index contributed by atoms with van der Waals surface area (Å²) >= 11 is 0. The SMILES string of the molecule is NC(N)=NC(N)=Nc1cccc(O)c1. The third-order valence-corrected chi connectivity index (χ3v) is 1.32. The zero-order valence-electron chi connectivity index (χ0n) is 7.38. The van der Waals surface area contributed by atoms with Gasteiger partial charge in [-0.1, -0.05) is 6.07 Å². The van der Waals surface area contributed by atoms with Crippen LogP contribution >= 0.6 is 0 Å². The van der Waals surface area contributed by atoms with Gasteiger partial charge in [0.25, 0.3) is 0 Å². The van der Waals surface area contributed by atoms with Crippen LogP contribution in [0, 0.1) is 0 Å². The topological polar surface area (TPSA) is 123 Å². The third kappa shape index (κ3) is 3.02. The molecule has 0 aliphatic carbocycles. The van der Waals surface area contributed by atoms with Crippen molar-refractivity contribution in [2.24, 2.45) is 27.2 Å². The van der Waals surface area contributed by atoms with E-state index in [4.69, 9.17) is 22.3 Å². The maximum Gasteiger partial charge on any atom is 0.223 e. The van der Waals surface area contributed by atoms with Crippen molar-refractivity contribution in [3.63, 3.8) is 0 Å². The monoisotopic (exact) mass is 193 g/mol. The van der Waals surface area contributed by atoms with Crippen LogP contribution in [0.25, 0.3) is 0 Å². The molecule has 0 aliphatic rings. The molecule has 0 radical (unpaired) electrons. The summed E-state index contributed by atoms with van der Waals surface area (Å²) in [5, 5.41) is 9.11. The highest BCUT2D eigenvalue weighted by Gasteiger charge is 1.93. The van der Waals surface area contributed by atoms with Crippen molar-refractivity contribution in [2.45, 2.75) is 0 Å². The van der Waals surface area contributed by atoms with E-state index in [1.807, 2.05) is 0 Å². The van der Waals surface area contributed by atoms with Crippen molar-refractivity contribution in [3.8, 4) is 5.75 Å². The Kier molecular flexibility index (Phi) is 2.90. The van der Waals surface area contributed by atoms with Crippen molar-refractivity contribution in [1.29, 1.82) is 0 Å². The van der Waals surface area contributed by atoms with Gasteiger partial charge >= 0.3 is 0 Å². The van der Waals surface area contributed by atoms with Gasteiger partial charge in [0, 0.05) is 6.07 Å². The first-order valence-corrected chi connectivity index (χ1v) is 3.81. The van der Waals surface area contributed by atoms with E-state index in [-0.39, 0.29) is 17.7 Å². The number of hydrogen-bond acceptors (Lipinski definition) is 2. The molecule has 0 spiro atoms. The van der Waals surface area contributed by atoms with E-state index in [0.29, 0.717) is 5.69 Å². The average molecular weight is 193 g/mol. The van der Waals surface area contributed by atoms with Gasteiger partial charge in [-0.2, -0.15) is 4.99 Å². The molecule has 1 aromatic carbocycles. The molecule has 1 aromatic rings. The van der Waals surface area contributed by atoms with Crippen molar-refractivity contribution in [3.05, 3.63) is 24.3 Å². The fraction of sp³-hybridized carbons (Fsp3) is 0. The lowest BCUT2D eigenvalue weighted by atomic mass is 10.3. The second-order valence-corrected chi connectivity index (χ2v) is 2.53. The summed E-state index contributed by atoms with van der Waals surface area (Å²) in [6.45, 7) is 0. The molecular weight excluding hydrogens is 182 g/mol. The zero-order chi connectivity index (χ0) is 10.6. The number of rotatable bonds is 1. The van der Waals surface area contributed by atoms with Gasteiger partial charge < -0.3 is 22.3 Å². The normalized spacial score (nSPS) is 11.0. The molecule has 0 heterocycles. The van der Waals surface area contributed by atoms with E-state index in [9.17, 15) is 0 Å². The highest BCUT2D eigenvalue weighted by molar-refractivity contribution is 5.93. The summed E-state index contributed by atoms with van der Waals surface area (Å²) in [4.78, 5) is 7.37. The Balaban J connectivity index is 2.92. The van der Waals surface area contributed by atoms with Crippen LogP contribution in [0.1, 0.15) is 0 Å². The predicted octanol–water partition coefficient (Wildman–Crippen LogP) is -0.388. The Morgan fingerprint density at radius 3 is 2.50 bits per heavy atom. The molecule has 0 amide bonds. The molecule has 0 unspecified atom stereocenters. The lowest BCUT2D eigenvalue weighted by Crippen LogP contribution is -2.26. The van der Waals surface area contributed by atoms with Gasteiger partial charge in [0.2, 0.25) is 5.96 Å². The molecule has 1 rings (SSSR count). The van der Waals surface area contributed by atoms with Crippen LogP contribution in [0.4, 0.5) is 5.69 Å². The number of guanidine groups is 2. The first kappa shape index (κ1) is 9.85. The number of phenolic OH excluding ortho intramolecular Hbond substituents is 1. The smallest absolute Gasteiger partial charge is 0.223 e. The Hall–Kier alpha value is -2.24. The molecule has 6 heteroatoms. The van der Waals surface area contributed by atoms with Crippen LogP contribution in [-0.2, 0) is 0 Å². The molecule has 7 N–H and O–H groups in total. The predicted molar refractivity (Wildman–Crippen MR) is 55.2 cm³/mol. The molecule has 0 aliphatic heterocycles. The molecule has 0 saturated heterocycles. The van der Waals surface area contributed by atoms with Crippen LogP contribution in [0.2, 0.25) is 0 Å². The third-order valence-electron chi connectivity index (χ3n) is 1.32. The molecule has 0 aromatic heterocycles. The second-order valence-electron chi connectivity index (χ2n) is 2.53. The fourth-order valence-electron chi connectivity index (χ4n) is 0.852. The van der Waals surface area contributed by atoms with E-state index in [0.717, 1.165) is 0 Å². The van der Waals surface area contributed by atoms with Crippen molar-refractivity contribution < 1.29 is 5.11 Å². The summed E-state index contributed by atoms with van der Waals surface area (Å²) in [6.07, 6.45) is 0. The standard InChI is InChI=1S/C8H11N5O/c9-7(10)13-8(11)12-5-2-1-3-6(14)4-5/h1-4,14H,(H6,9,10,11,12,13). The largest absolute Gasteiger partial charge is 0.508 e. The summed E-state index contributed by atoms with van der Waals surface area (Å²) < 4.78 is 0. The lowest BCUT2D eigenvalue weighted by Gasteiger charge is -1.96. The van der Waals surface area contributed by atoms with Crippen LogP contribution in [0.15, 0.2) is 34.3 Å². The molecule has 0 bridgehead atoms. The molecule has 0 fully saturated rings. The molecular formula is C8H11N5O. The van der Waals surface area contributed by atoms with E-state index >= 15 is 0 Å². The van der Waals surface area contributed by atoms with Gasteiger partial charge in [0.15, 0.2) is 5.96 Å². The summed E-state index contributed by atoms with van der Waals surface area (Å²) in [5.74, 6) is -0.120. The lowest BCUT2D eigenvalue weighted by molar-refractivity contribution is 0.475. The van der Waals surface area contributed by atoms with Crippen LogP contribution in [-0.4, -0.2) is 17.0 Å². The molecule has 0 atom stereocenters. The van der Waals surface area contributed by atoms with Crippen molar-refractivity contribution >= 4 is 17.6 Å². The number of hydrogen-bond donors (Lipinski definition) is 4. The van der Waals surface area contributed by atoms with Crippen LogP contribution in [0.3, 0.4) is 0 Å². The maximum absolute atomic E-state index is 9.11. The van der Waals surface area contributed by atoms with Crippen LogP contribution in [0.5, 0.6) is 5.75 Å². The minimum absolute atomic E-state index is 0.0596. The molecule has 6 nitrogen and oxygen atoms in total. The molecule has 0 saturated carbocycles. The summed E-state index contributed by atoms with van der Waals surface area (Å²) in [5.41, 5.74) is 16.0. The van der Waals surface area contributed by atoms with Gasteiger partial charge in [-0.05, 0) is 12.1 Å². The zero-order valence-corrected chi connectivity index (χ0v) is 7.38. The van der Waals surface area contributed by atoms with E-state index in [2.05, 4.69) is 9.98 Å². The second kappa shape index (κ2) is 4.13. The molecule has 14 heavy (non-hydrogen) atoms. The number of phenols is 1. The van der Waals surface area contributed by atoms with Crippen molar-refractivity contribution in [1.82, 2.24) is 0 Å². The van der Waals surface area contributed by atoms with E-state index in [1.54, 1.807) is 12.1 Å². The van der Waals surface area contributed by atoms with Crippen molar-refractivity contribution in [2.75, 3.05) is 0 Å². The Morgan fingerprint density at radius 1 is 1.21 bits per heavy atom. The fourth-order valence-corrected chi connectivity index (χ4v) is 0.852. The minimum atomic E-state index is -0.161. The number of nitrogens with two attached hydrogens (primary N) is 3. The number of aliphatic imine (C=N–C) groups is 2. The van der Waals surface area contributed by atoms with E-state index in [1.165, 1.54) is 12.1 Å². The van der Waals surface area contributed by atoms with Gasteiger partial charge in [0.05, 0.1) is 5.69 Å². The average Bonchev–Trinajstić information content (AvgIpc) is 2.01. The summed E-state index contributed by atoms with van der Waals surface area (Å²) in [7, 11) is 0. The van der Waals surface area contributed by atoms with Gasteiger partial charge in [-0.25, -0.2) is 4.99 Å². The quantitative estimate of drug-likeness (QED) is 0.358. The highest BCUT2D eigenvalue weighted by Crippen LogP contribution is 2.17. The summed E-state index contributed by atoms with van der Waals surface area (Å²) in [6, 6.07) is 6.26.